The number of benzene rings is 1. The van der Waals surface area contributed by atoms with E-state index in [9.17, 15) is 4.79 Å². The Morgan fingerprint density at radius 1 is 1.33 bits per heavy atom. The Balaban J connectivity index is 2.15. The van der Waals surface area contributed by atoms with E-state index in [0.717, 1.165) is 11.4 Å². The molecule has 21 heavy (non-hydrogen) atoms. The Hall–Kier alpha value is -2.34. The van der Waals surface area contributed by atoms with Gasteiger partial charge in [0.15, 0.2) is 5.69 Å². The van der Waals surface area contributed by atoms with Gasteiger partial charge in [0.25, 0.3) is 5.91 Å². The van der Waals surface area contributed by atoms with E-state index in [1.54, 1.807) is 24.1 Å². The highest BCUT2D eigenvalue weighted by Gasteiger charge is 2.20. The summed E-state index contributed by atoms with van der Waals surface area (Å²) in [5, 5.41) is 7.12. The number of aromatic nitrogens is 2. The lowest BCUT2D eigenvalue weighted by molar-refractivity contribution is 0.0910. The largest absolute Gasteiger partial charge is 0.497 e. The molecule has 0 bridgehead atoms. The van der Waals surface area contributed by atoms with Crippen molar-refractivity contribution in [2.45, 2.75) is 19.4 Å². The maximum absolute atomic E-state index is 12.1. The van der Waals surface area contributed by atoms with E-state index in [2.05, 4.69) is 10.4 Å². The van der Waals surface area contributed by atoms with Crippen molar-refractivity contribution in [2.24, 2.45) is 5.73 Å². The summed E-state index contributed by atoms with van der Waals surface area (Å²) in [5.41, 5.74) is 6.36. The zero-order chi connectivity index (χ0) is 15.5. The fourth-order valence-corrected chi connectivity index (χ4v) is 1.75. The van der Waals surface area contributed by atoms with Crippen LogP contribution in [0, 0.1) is 0 Å². The van der Waals surface area contributed by atoms with Crippen molar-refractivity contribution in [2.75, 3.05) is 13.7 Å². The minimum Gasteiger partial charge on any atom is -0.497 e. The SMILES string of the molecule is COc1ccc(-n2ccc(C(=O)NC(C)(C)CN)n2)cc1. The number of ether oxygens (including phenoxy) is 1. The number of hydrogen-bond acceptors (Lipinski definition) is 4. The van der Waals surface area contributed by atoms with Crippen molar-refractivity contribution in [1.82, 2.24) is 15.1 Å². The molecule has 1 aromatic carbocycles. The van der Waals surface area contributed by atoms with Gasteiger partial charge in [0.2, 0.25) is 0 Å². The van der Waals surface area contributed by atoms with Crippen LogP contribution in [0.5, 0.6) is 5.75 Å². The molecule has 0 fully saturated rings. The van der Waals surface area contributed by atoms with Crippen LogP contribution in [0.2, 0.25) is 0 Å². The second kappa shape index (κ2) is 5.97. The quantitative estimate of drug-likeness (QED) is 0.870. The molecule has 3 N–H and O–H groups in total. The van der Waals surface area contributed by atoms with E-state index in [-0.39, 0.29) is 5.91 Å². The maximum atomic E-state index is 12.1. The molecule has 0 saturated carbocycles. The molecule has 0 saturated heterocycles. The molecule has 1 aromatic heterocycles. The number of rotatable bonds is 5. The van der Waals surface area contributed by atoms with Gasteiger partial charge in [-0.3, -0.25) is 4.79 Å². The van der Waals surface area contributed by atoms with Gasteiger partial charge >= 0.3 is 0 Å². The van der Waals surface area contributed by atoms with Gasteiger partial charge in [-0.25, -0.2) is 4.68 Å². The summed E-state index contributed by atoms with van der Waals surface area (Å²) in [6, 6.07) is 9.10. The van der Waals surface area contributed by atoms with Crippen molar-refractivity contribution in [3.05, 3.63) is 42.2 Å². The summed E-state index contributed by atoms with van der Waals surface area (Å²) in [5.74, 6) is 0.534. The molecule has 1 amide bonds. The molecule has 2 aromatic rings. The zero-order valence-electron chi connectivity index (χ0n) is 12.5. The zero-order valence-corrected chi connectivity index (χ0v) is 12.5. The summed E-state index contributed by atoms with van der Waals surface area (Å²) < 4.78 is 6.75. The van der Waals surface area contributed by atoms with Gasteiger partial charge in [0, 0.05) is 18.3 Å². The first-order chi connectivity index (χ1) is 9.95. The molecular weight excluding hydrogens is 268 g/mol. The number of carbonyl (C=O) groups excluding carboxylic acids is 1. The minimum atomic E-state index is -0.457. The molecule has 0 aliphatic carbocycles. The first kappa shape index (κ1) is 15.1. The molecule has 0 aliphatic rings. The molecule has 0 aliphatic heterocycles. The van der Waals surface area contributed by atoms with Crippen LogP contribution in [-0.2, 0) is 0 Å². The first-order valence-corrected chi connectivity index (χ1v) is 6.68. The van der Waals surface area contributed by atoms with E-state index in [1.807, 2.05) is 38.1 Å². The summed E-state index contributed by atoms with van der Waals surface area (Å²) in [4.78, 5) is 12.1. The minimum absolute atomic E-state index is 0.238. The summed E-state index contributed by atoms with van der Waals surface area (Å²) >= 11 is 0. The Bertz CT molecular complexity index is 617. The lowest BCUT2D eigenvalue weighted by Crippen LogP contribution is -2.48. The van der Waals surface area contributed by atoms with Gasteiger partial charge < -0.3 is 15.8 Å². The van der Waals surface area contributed by atoms with Crippen molar-refractivity contribution in [1.29, 1.82) is 0 Å². The molecule has 0 atom stereocenters. The standard InChI is InChI=1S/C15H20N4O2/c1-15(2,10-16)17-14(20)13-8-9-19(18-13)11-4-6-12(21-3)7-5-11/h4-9H,10,16H2,1-3H3,(H,17,20). The number of amides is 1. The third-order valence-electron chi connectivity index (χ3n) is 3.12. The molecule has 1 heterocycles. The molecule has 0 spiro atoms. The Labute approximate surface area is 123 Å². The number of nitrogens with zero attached hydrogens (tertiary/aromatic N) is 2. The number of nitrogens with two attached hydrogens (primary N) is 1. The van der Waals surface area contributed by atoms with Crippen molar-refractivity contribution in [3.8, 4) is 11.4 Å². The van der Waals surface area contributed by atoms with E-state index >= 15 is 0 Å². The van der Waals surface area contributed by atoms with Crippen molar-refractivity contribution >= 4 is 5.91 Å². The van der Waals surface area contributed by atoms with Crippen molar-refractivity contribution < 1.29 is 9.53 Å². The van der Waals surface area contributed by atoms with Crippen LogP contribution in [0.4, 0.5) is 0 Å². The Kier molecular flexibility index (Phi) is 4.28. The third kappa shape index (κ3) is 3.61. The van der Waals surface area contributed by atoms with E-state index in [1.165, 1.54) is 0 Å². The van der Waals surface area contributed by atoms with Gasteiger partial charge in [-0.15, -0.1) is 0 Å². The van der Waals surface area contributed by atoms with Crippen LogP contribution in [-0.4, -0.2) is 34.9 Å². The lowest BCUT2D eigenvalue weighted by Gasteiger charge is -2.23. The Morgan fingerprint density at radius 3 is 2.57 bits per heavy atom. The summed E-state index contributed by atoms with van der Waals surface area (Å²) in [7, 11) is 1.62. The molecule has 112 valence electrons. The van der Waals surface area contributed by atoms with E-state index in [0.29, 0.717) is 12.2 Å². The van der Waals surface area contributed by atoms with Gasteiger partial charge in [-0.05, 0) is 44.2 Å². The van der Waals surface area contributed by atoms with Crippen LogP contribution in [0.15, 0.2) is 36.5 Å². The predicted octanol–water partition coefficient (Wildman–Crippen LogP) is 1.35. The van der Waals surface area contributed by atoms with Crippen LogP contribution >= 0.6 is 0 Å². The predicted molar refractivity (Wildman–Crippen MR) is 80.7 cm³/mol. The molecule has 6 nitrogen and oxygen atoms in total. The highest BCUT2D eigenvalue weighted by molar-refractivity contribution is 5.92. The van der Waals surface area contributed by atoms with Crippen LogP contribution in [0.3, 0.4) is 0 Å². The van der Waals surface area contributed by atoms with Gasteiger partial charge in [0.05, 0.1) is 12.8 Å². The fourth-order valence-electron chi connectivity index (χ4n) is 1.75. The van der Waals surface area contributed by atoms with E-state index in [4.69, 9.17) is 10.5 Å². The second-order valence-corrected chi connectivity index (χ2v) is 5.39. The average molecular weight is 288 g/mol. The smallest absolute Gasteiger partial charge is 0.272 e. The number of methoxy groups -OCH3 is 1. The summed E-state index contributed by atoms with van der Waals surface area (Å²) in [6.07, 6.45) is 1.74. The number of hydrogen-bond donors (Lipinski definition) is 2. The maximum Gasteiger partial charge on any atom is 0.272 e. The van der Waals surface area contributed by atoms with Crippen molar-refractivity contribution in [3.63, 3.8) is 0 Å². The number of carbonyl (C=O) groups is 1. The highest BCUT2D eigenvalue weighted by atomic mass is 16.5. The fraction of sp³-hybridized carbons (Fsp3) is 0.333. The van der Waals surface area contributed by atoms with Crippen LogP contribution < -0.4 is 15.8 Å². The van der Waals surface area contributed by atoms with E-state index < -0.39 is 5.54 Å². The normalized spacial score (nSPS) is 11.2. The van der Waals surface area contributed by atoms with Gasteiger partial charge in [-0.2, -0.15) is 5.10 Å². The van der Waals surface area contributed by atoms with Gasteiger partial charge in [0.1, 0.15) is 5.75 Å². The van der Waals surface area contributed by atoms with Crippen LogP contribution in [0.25, 0.3) is 5.69 Å². The van der Waals surface area contributed by atoms with Crippen LogP contribution in [0.1, 0.15) is 24.3 Å². The first-order valence-electron chi connectivity index (χ1n) is 6.68. The third-order valence-corrected chi connectivity index (χ3v) is 3.12. The average Bonchev–Trinajstić information content (AvgIpc) is 2.97. The lowest BCUT2D eigenvalue weighted by atomic mass is 10.1. The Morgan fingerprint density at radius 2 is 2.00 bits per heavy atom. The highest BCUT2D eigenvalue weighted by Crippen LogP contribution is 2.14. The molecular formula is C15H20N4O2. The molecule has 0 radical (unpaired) electrons. The topological polar surface area (TPSA) is 82.2 Å². The second-order valence-electron chi connectivity index (χ2n) is 5.39. The monoisotopic (exact) mass is 288 g/mol. The molecule has 0 unspecified atom stereocenters. The molecule has 6 heteroatoms. The number of nitrogens with one attached hydrogen (secondary N) is 1. The molecule has 2 rings (SSSR count). The summed E-state index contributed by atoms with van der Waals surface area (Å²) in [6.45, 7) is 4.09. The van der Waals surface area contributed by atoms with Gasteiger partial charge in [-0.1, -0.05) is 0 Å².